The number of anilines is 1. The highest BCUT2D eigenvalue weighted by atomic mass is 127. The van der Waals surface area contributed by atoms with Gasteiger partial charge < -0.3 is 16.3 Å². The quantitative estimate of drug-likeness (QED) is 0.251. The number of nitrogens with two attached hydrogens (primary N) is 1. The minimum absolute atomic E-state index is 0.00430. The molecule has 0 unspecified atom stereocenters. The van der Waals surface area contributed by atoms with E-state index in [9.17, 15) is 4.79 Å². The van der Waals surface area contributed by atoms with Crippen molar-refractivity contribution in [3.63, 3.8) is 0 Å². The second-order valence-corrected chi connectivity index (χ2v) is 5.28. The van der Waals surface area contributed by atoms with Crippen LogP contribution in [0.15, 0.2) is 53.7 Å². The molecule has 0 aromatic heterocycles. The van der Waals surface area contributed by atoms with Gasteiger partial charge >= 0.3 is 0 Å². The van der Waals surface area contributed by atoms with Crippen LogP contribution in [0.4, 0.5) is 5.69 Å². The third-order valence-corrected chi connectivity index (χ3v) is 3.28. The highest BCUT2D eigenvalue weighted by Crippen LogP contribution is 2.13. The topological polar surface area (TPSA) is 87.7 Å². The standard InChI is InChI=1S/C14H12IN3O2/c15-11-5-1-4-10(7-11)14(19)17-12-6-2-3-9(8-12)13(16)18-20/h1-8,20H,(H2,16,18)(H,17,19). The molecule has 0 fully saturated rings. The molecule has 4 N–H and O–H groups in total. The SMILES string of the molecule is N/C(=N/O)c1cccc(NC(=O)c2cccc(I)c2)c1. The number of amides is 1. The maximum atomic E-state index is 12.1. The van der Waals surface area contributed by atoms with Crippen LogP contribution < -0.4 is 11.1 Å². The van der Waals surface area contributed by atoms with Gasteiger partial charge in [0.1, 0.15) is 0 Å². The van der Waals surface area contributed by atoms with Crippen LogP contribution in [-0.2, 0) is 0 Å². The molecule has 0 spiro atoms. The molecule has 2 aromatic rings. The molecule has 20 heavy (non-hydrogen) atoms. The number of hydrogen-bond acceptors (Lipinski definition) is 3. The van der Waals surface area contributed by atoms with Crippen molar-refractivity contribution in [3.05, 3.63) is 63.2 Å². The third kappa shape index (κ3) is 3.47. The largest absolute Gasteiger partial charge is 0.409 e. The van der Waals surface area contributed by atoms with Gasteiger partial charge in [-0.2, -0.15) is 0 Å². The Hall–Kier alpha value is -2.09. The number of halogens is 1. The van der Waals surface area contributed by atoms with E-state index in [1.165, 1.54) is 0 Å². The molecule has 0 heterocycles. The molecule has 0 bridgehead atoms. The summed E-state index contributed by atoms with van der Waals surface area (Å²) in [5.41, 5.74) is 7.20. The second kappa shape index (κ2) is 6.38. The van der Waals surface area contributed by atoms with Crippen LogP contribution in [0.5, 0.6) is 0 Å². The van der Waals surface area contributed by atoms with Gasteiger partial charge in [0.15, 0.2) is 5.84 Å². The van der Waals surface area contributed by atoms with Crippen LogP contribution in [0.25, 0.3) is 0 Å². The molecule has 0 saturated heterocycles. The molecule has 1 amide bonds. The molecule has 2 aromatic carbocycles. The Labute approximate surface area is 129 Å². The zero-order chi connectivity index (χ0) is 14.5. The molecule has 0 aliphatic carbocycles. The summed E-state index contributed by atoms with van der Waals surface area (Å²) < 4.78 is 0.987. The number of benzene rings is 2. The van der Waals surface area contributed by atoms with Crippen LogP contribution in [-0.4, -0.2) is 17.0 Å². The first-order valence-electron chi connectivity index (χ1n) is 5.75. The van der Waals surface area contributed by atoms with Crippen molar-refractivity contribution < 1.29 is 10.0 Å². The van der Waals surface area contributed by atoms with Crippen LogP contribution in [0.1, 0.15) is 15.9 Å². The highest BCUT2D eigenvalue weighted by molar-refractivity contribution is 14.1. The van der Waals surface area contributed by atoms with Crippen LogP contribution in [0, 0.1) is 3.57 Å². The van der Waals surface area contributed by atoms with Gasteiger partial charge in [0.2, 0.25) is 0 Å². The summed E-state index contributed by atoms with van der Waals surface area (Å²) in [5.74, 6) is -0.212. The van der Waals surface area contributed by atoms with Gasteiger partial charge in [-0.25, -0.2) is 0 Å². The normalized spacial score (nSPS) is 11.2. The molecule has 0 atom stereocenters. The molecule has 5 nitrogen and oxygen atoms in total. The van der Waals surface area contributed by atoms with E-state index in [0.717, 1.165) is 3.57 Å². The van der Waals surface area contributed by atoms with E-state index in [4.69, 9.17) is 10.9 Å². The molecule has 2 rings (SSSR count). The lowest BCUT2D eigenvalue weighted by atomic mass is 10.1. The average molecular weight is 381 g/mol. The molecule has 0 saturated carbocycles. The van der Waals surface area contributed by atoms with Crippen LogP contribution in [0.3, 0.4) is 0 Å². The first-order valence-corrected chi connectivity index (χ1v) is 6.83. The van der Waals surface area contributed by atoms with Gasteiger partial charge in [0.05, 0.1) is 0 Å². The van der Waals surface area contributed by atoms with E-state index in [0.29, 0.717) is 16.8 Å². The minimum atomic E-state index is -0.208. The number of carbonyl (C=O) groups excluding carboxylic acids is 1. The first kappa shape index (κ1) is 14.3. The number of oxime groups is 1. The Balaban J connectivity index is 2.20. The van der Waals surface area contributed by atoms with Crippen LogP contribution in [0.2, 0.25) is 0 Å². The van der Waals surface area contributed by atoms with E-state index >= 15 is 0 Å². The molecule has 0 aliphatic heterocycles. The predicted molar refractivity (Wildman–Crippen MR) is 86.1 cm³/mol. The number of hydrogen-bond donors (Lipinski definition) is 3. The zero-order valence-corrected chi connectivity index (χ0v) is 12.5. The van der Waals surface area contributed by atoms with Crippen LogP contribution >= 0.6 is 22.6 Å². The van der Waals surface area contributed by atoms with Crippen molar-refractivity contribution in [3.8, 4) is 0 Å². The average Bonchev–Trinajstić information content (AvgIpc) is 2.46. The third-order valence-electron chi connectivity index (χ3n) is 2.61. The Morgan fingerprint density at radius 3 is 2.55 bits per heavy atom. The fourth-order valence-corrected chi connectivity index (χ4v) is 2.19. The number of nitrogens with one attached hydrogen (secondary N) is 1. The first-order chi connectivity index (χ1) is 9.60. The molecule has 0 aliphatic rings. The summed E-state index contributed by atoms with van der Waals surface area (Å²) in [6.07, 6.45) is 0. The lowest BCUT2D eigenvalue weighted by molar-refractivity contribution is 0.102. The van der Waals surface area contributed by atoms with Crippen molar-refractivity contribution in [1.29, 1.82) is 0 Å². The molecular weight excluding hydrogens is 369 g/mol. The summed E-state index contributed by atoms with van der Waals surface area (Å²) >= 11 is 2.15. The maximum Gasteiger partial charge on any atom is 0.255 e. The Morgan fingerprint density at radius 2 is 1.85 bits per heavy atom. The second-order valence-electron chi connectivity index (χ2n) is 4.03. The van der Waals surface area contributed by atoms with E-state index in [-0.39, 0.29) is 11.7 Å². The van der Waals surface area contributed by atoms with Gasteiger partial charge in [0.25, 0.3) is 5.91 Å². The van der Waals surface area contributed by atoms with Crippen molar-refractivity contribution >= 4 is 40.0 Å². The molecule has 6 heteroatoms. The van der Waals surface area contributed by atoms with Gasteiger partial charge in [-0.05, 0) is 52.9 Å². The fraction of sp³-hybridized carbons (Fsp3) is 0. The number of amidine groups is 1. The molecule has 0 radical (unpaired) electrons. The van der Waals surface area contributed by atoms with Gasteiger partial charge in [-0.3, -0.25) is 4.79 Å². The predicted octanol–water partition coefficient (Wildman–Crippen LogP) is 2.64. The maximum absolute atomic E-state index is 12.1. The van der Waals surface area contributed by atoms with Crippen molar-refractivity contribution in [2.75, 3.05) is 5.32 Å². The van der Waals surface area contributed by atoms with E-state index < -0.39 is 0 Å². The monoisotopic (exact) mass is 381 g/mol. The van der Waals surface area contributed by atoms with Gasteiger partial charge in [0, 0.05) is 20.4 Å². The summed E-state index contributed by atoms with van der Waals surface area (Å²) in [7, 11) is 0. The minimum Gasteiger partial charge on any atom is -0.409 e. The summed E-state index contributed by atoms with van der Waals surface area (Å²) in [5, 5.41) is 14.3. The highest BCUT2D eigenvalue weighted by Gasteiger charge is 2.07. The Morgan fingerprint density at radius 1 is 1.15 bits per heavy atom. The van der Waals surface area contributed by atoms with Crippen molar-refractivity contribution in [2.45, 2.75) is 0 Å². The van der Waals surface area contributed by atoms with E-state index in [1.54, 1.807) is 36.4 Å². The molecule has 102 valence electrons. The van der Waals surface area contributed by atoms with Gasteiger partial charge in [-0.1, -0.05) is 23.4 Å². The van der Waals surface area contributed by atoms with Gasteiger partial charge in [-0.15, -0.1) is 0 Å². The number of carbonyl (C=O) groups is 1. The Kier molecular flexibility index (Phi) is 4.57. The lowest BCUT2D eigenvalue weighted by Gasteiger charge is -2.07. The summed E-state index contributed by atoms with van der Waals surface area (Å²) in [6.45, 7) is 0. The summed E-state index contributed by atoms with van der Waals surface area (Å²) in [4.78, 5) is 12.1. The van der Waals surface area contributed by atoms with Crippen molar-refractivity contribution in [2.24, 2.45) is 10.9 Å². The Bertz CT molecular complexity index is 671. The molecular formula is C14H12IN3O2. The smallest absolute Gasteiger partial charge is 0.255 e. The lowest BCUT2D eigenvalue weighted by Crippen LogP contribution is -2.15. The summed E-state index contributed by atoms with van der Waals surface area (Å²) in [6, 6.07) is 14.1. The number of nitrogens with zero attached hydrogens (tertiary/aromatic N) is 1. The fourth-order valence-electron chi connectivity index (χ4n) is 1.65. The zero-order valence-electron chi connectivity index (χ0n) is 10.4. The van der Waals surface area contributed by atoms with Crippen molar-refractivity contribution in [1.82, 2.24) is 0 Å². The van der Waals surface area contributed by atoms with E-state index in [1.807, 2.05) is 12.1 Å². The number of rotatable bonds is 3. The van der Waals surface area contributed by atoms with E-state index in [2.05, 4.69) is 33.1 Å².